The van der Waals surface area contributed by atoms with E-state index < -0.39 is 10.1 Å². The van der Waals surface area contributed by atoms with Crippen LogP contribution >= 0.6 is 0 Å². The summed E-state index contributed by atoms with van der Waals surface area (Å²) in [6.07, 6.45) is 15.0. The van der Waals surface area contributed by atoms with Crippen LogP contribution in [0.3, 0.4) is 0 Å². The second-order valence-corrected chi connectivity index (χ2v) is 9.23. The third-order valence-electron chi connectivity index (χ3n) is 5.26. The molecule has 0 N–H and O–H groups in total. The molecule has 2 aromatic carbocycles. The van der Waals surface area contributed by atoms with Gasteiger partial charge in [-0.2, -0.15) is 8.42 Å². The predicted octanol–water partition coefficient (Wildman–Crippen LogP) is 6.87. The van der Waals surface area contributed by atoms with Gasteiger partial charge in [0.1, 0.15) is 4.90 Å². The molecule has 0 aromatic heterocycles. The number of benzene rings is 2. The highest BCUT2D eigenvalue weighted by molar-refractivity contribution is 7.87. The number of fused-ring (bicyclic) bond motifs is 1. The van der Waals surface area contributed by atoms with Gasteiger partial charge in [0.25, 0.3) is 10.1 Å². The first kappa shape index (κ1) is 26.4. The van der Waals surface area contributed by atoms with Gasteiger partial charge in [-0.3, -0.25) is 4.18 Å². The summed E-state index contributed by atoms with van der Waals surface area (Å²) < 4.78 is 30.3. The van der Waals surface area contributed by atoms with Gasteiger partial charge in [0, 0.05) is 28.4 Å². The van der Waals surface area contributed by atoms with Gasteiger partial charge in [0.15, 0.2) is 0 Å². The van der Waals surface area contributed by atoms with Crippen molar-refractivity contribution in [3.05, 3.63) is 42.5 Å². The van der Waals surface area contributed by atoms with Gasteiger partial charge in [-0.1, -0.05) is 114 Å². The summed E-state index contributed by atoms with van der Waals surface area (Å²) in [5, 5.41) is 1.64. The number of hydrogen-bond acceptors (Lipinski definition) is 3. The van der Waals surface area contributed by atoms with Crippen LogP contribution in [0.15, 0.2) is 47.4 Å². The molecule has 2 aromatic rings. The Balaban J connectivity index is 0.00000420. The molecule has 0 heterocycles. The van der Waals surface area contributed by atoms with Crippen molar-refractivity contribution in [2.45, 2.75) is 88.9 Å². The van der Waals surface area contributed by atoms with Crippen molar-refractivity contribution in [1.82, 2.24) is 0 Å². The Kier molecular flexibility index (Phi) is 13.9. The molecule has 2 radical (unpaired) electrons. The molecule has 0 unspecified atom stereocenters. The highest BCUT2D eigenvalue weighted by Gasteiger charge is 2.17. The first-order valence-corrected chi connectivity index (χ1v) is 12.4. The maximum absolute atomic E-state index is 12.5. The molecular weight excluding hydrogens is 393 g/mol. The molecule has 0 spiro atoms. The second-order valence-electron chi connectivity index (χ2n) is 7.64. The molecule has 5 heteroatoms. The fraction of sp³-hybridized carbons (Fsp3) is 0.583. The van der Waals surface area contributed by atoms with Crippen molar-refractivity contribution >= 4 is 43.9 Å². The molecule has 2 rings (SSSR count). The number of rotatable bonds is 15. The van der Waals surface area contributed by atoms with Crippen LogP contribution in [0.4, 0.5) is 0 Å². The summed E-state index contributed by atoms with van der Waals surface area (Å²) in [5.74, 6) is 0. The van der Waals surface area contributed by atoms with Crippen molar-refractivity contribution in [2.24, 2.45) is 0 Å². The van der Waals surface area contributed by atoms with Gasteiger partial charge in [-0.25, -0.2) is 0 Å². The number of unbranched alkanes of at least 4 members (excludes halogenated alkanes) is 11. The van der Waals surface area contributed by atoms with Crippen LogP contribution in [0.25, 0.3) is 10.8 Å². The lowest BCUT2D eigenvalue weighted by Crippen LogP contribution is -2.08. The molecule has 0 saturated heterocycles. The van der Waals surface area contributed by atoms with E-state index in [2.05, 4.69) is 6.92 Å². The second kappa shape index (κ2) is 15.2. The SMILES string of the molecule is CCCCCCCCCCCCCCOS(=O)(=O)c1cccc2ccccc12.[Mg]. The topological polar surface area (TPSA) is 43.4 Å². The Labute approximate surface area is 193 Å². The van der Waals surface area contributed by atoms with Crippen molar-refractivity contribution in [3.8, 4) is 0 Å². The van der Waals surface area contributed by atoms with Crippen molar-refractivity contribution < 1.29 is 12.6 Å². The highest BCUT2D eigenvalue weighted by atomic mass is 32.2. The van der Waals surface area contributed by atoms with E-state index in [0.717, 1.165) is 30.0 Å². The summed E-state index contributed by atoms with van der Waals surface area (Å²) in [7, 11) is -3.70. The van der Waals surface area contributed by atoms with Crippen LogP contribution in [0, 0.1) is 0 Å². The van der Waals surface area contributed by atoms with E-state index in [1.165, 1.54) is 57.8 Å². The fourth-order valence-electron chi connectivity index (χ4n) is 3.59. The summed E-state index contributed by atoms with van der Waals surface area (Å²) in [5.41, 5.74) is 0. The molecule has 0 aliphatic heterocycles. The van der Waals surface area contributed by atoms with Gasteiger partial charge in [-0.15, -0.1) is 0 Å². The van der Waals surface area contributed by atoms with Crippen LogP contribution in [0.5, 0.6) is 0 Å². The molecule has 0 saturated carbocycles. The molecule has 0 fully saturated rings. The van der Waals surface area contributed by atoms with E-state index >= 15 is 0 Å². The fourth-order valence-corrected chi connectivity index (χ4v) is 4.75. The monoisotopic (exact) mass is 428 g/mol. The predicted molar refractivity (Wildman–Crippen MR) is 124 cm³/mol. The Morgan fingerprint density at radius 3 is 1.83 bits per heavy atom. The van der Waals surface area contributed by atoms with E-state index in [1.807, 2.05) is 30.3 Å². The maximum atomic E-state index is 12.5. The Bertz CT molecular complexity index is 784. The summed E-state index contributed by atoms with van der Waals surface area (Å²) in [6, 6.07) is 12.8. The van der Waals surface area contributed by atoms with Gasteiger partial charge in [-0.05, 0) is 17.9 Å². The van der Waals surface area contributed by atoms with E-state index in [0.29, 0.717) is 0 Å². The lowest BCUT2D eigenvalue weighted by molar-refractivity contribution is 0.306. The van der Waals surface area contributed by atoms with E-state index in [4.69, 9.17) is 4.18 Å². The first-order valence-electron chi connectivity index (χ1n) is 11.0. The van der Waals surface area contributed by atoms with Gasteiger partial charge in [0.2, 0.25) is 0 Å². The van der Waals surface area contributed by atoms with E-state index in [1.54, 1.807) is 12.1 Å². The maximum Gasteiger partial charge on any atom is 0.297 e. The van der Waals surface area contributed by atoms with E-state index in [9.17, 15) is 8.42 Å². The molecule has 0 atom stereocenters. The largest absolute Gasteiger partial charge is 0.297 e. The zero-order valence-corrected chi connectivity index (χ0v) is 20.3. The van der Waals surface area contributed by atoms with Crippen LogP contribution in [-0.4, -0.2) is 38.1 Å². The van der Waals surface area contributed by atoms with Gasteiger partial charge < -0.3 is 0 Å². The van der Waals surface area contributed by atoms with E-state index in [-0.39, 0.29) is 34.6 Å². The van der Waals surface area contributed by atoms with Crippen LogP contribution in [0.1, 0.15) is 84.0 Å². The molecular formula is C24H36MgO3S. The minimum atomic E-state index is -3.70. The summed E-state index contributed by atoms with van der Waals surface area (Å²) in [6.45, 7) is 2.52. The molecule has 0 amide bonds. The Morgan fingerprint density at radius 1 is 0.690 bits per heavy atom. The lowest BCUT2D eigenvalue weighted by atomic mass is 10.1. The number of hydrogen-bond donors (Lipinski definition) is 0. The minimum Gasteiger partial charge on any atom is -0.266 e. The standard InChI is InChI=1S/C24H36O3S.Mg/c1-2-3-4-5-6-7-8-9-10-11-12-15-21-27-28(25,26)24-20-16-18-22-17-13-14-19-23(22)24;/h13-14,16-20H,2-12,15,21H2,1H3;. The molecule has 3 nitrogen and oxygen atoms in total. The van der Waals surface area contributed by atoms with Gasteiger partial charge >= 0.3 is 0 Å². The molecule has 0 aliphatic carbocycles. The van der Waals surface area contributed by atoms with Crippen molar-refractivity contribution in [1.29, 1.82) is 0 Å². The third kappa shape index (κ3) is 9.82. The van der Waals surface area contributed by atoms with Crippen molar-refractivity contribution in [3.63, 3.8) is 0 Å². The normalized spacial score (nSPS) is 11.5. The highest BCUT2D eigenvalue weighted by Crippen LogP contribution is 2.24. The summed E-state index contributed by atoms with van der Waals surface area (Å²) >= 11 is 0. The van der Waals surface area contributed by atoms with Crippen molar-refractivity contribution in [2.75, 3.05) is 6.61 Å². The Hall–Kier alpha value is -0.624. The quantitative estimate of drug-likeness (QED) is 0.177. The molecule has 158 valence electrons. The zero-order valence-electron chi connectivity index (χ0n) is 18.1. The van der Waals surface area contributed by atoms with Crippen LogP contribution < -0.4 is 0 Å². The minimum absolute atomic E-state index is 0. The molecule has 29 heavy (non-hydrogen) atoms. The summed E-state index contributed by atoms with van der Waals surface area (Å²) in [4.78, 5) is 0.268. The zero-order chi connectivity index (χ0) is 20.1. The van der Waals surface area contributed by atoms with Crippen LogP contribution in [0.2, 0.25) is 0 Å². The third-order valence-corrected chi connectivity index (χ3v) is 6.63. The lowest BCUT2D eigenvalue weighted by Gasteiger charge is -2.08. The molecule has 0 aliphatic rings. The molecule has 0 bridgehead atoms. The average Bonchev–Trinajstić information content (AvgIpc) is 2.71. The first-order chi connectivity index (χ1) is 13.6. The van der Waals surface area contributed by atoms with Crippen LogP contribution in [-0.2, 0) is 14.3 Å². The smallest absolute Gasteiger partial charge is 0.266 e. The Morgan fingerprint density at radius 2 is 1.21 bits per heavy atom. The average molecular weight is 429 g/mol. The van der Waals surface area contributed by atoms with Gasteiger partial charge in [0.05, 0.1) is 6.61 Å².